The largest absolute Gasteiger partial charge is 0.478 e. The molecule has 120 valence electrons. The monoisotopic (exact) mass is 320 g/mol. The number of hydrogen-bond donors (Lipinski definition) is 1. The summed E-state index contributed by atoms with van der Waals surface area (Å²) < 4.78 is 1.48. The van der Waals surface area contributed by atoms with Crippen molar-refractivity contribution in [3.63, 3.8) is 0 Å². The quantitative estimate of drug-likeness (QED) is 0.785. The van der Waals surface area contributed by atoms with Crippen LogP contribution in [0.25, 0.3) is 17.2 Å². The Kier molecular flexibility index (Phi) is 3.37. The molecule has 24 heavy (non-hydrogen) atoms. The molecule has 0 saturated carbocycles. The van der Waals surface area contributed by atoms with E-state index in [0.717, 1.165) is 36.1 Å². The van der Waals surface area contributed by atoms with E-state index < -0.39 is 5.97 Å². The number of nitrogens with zero attached hydrogens (tertiary/aromatic N) is 4. The second kappa shape index (κ2) is 5.56. The zero-order valence-electron chi connectivity index (χ0n) is 13.2. The average Bonchev–Trinajstić information content (AvgIpc) is 2.87. The van der Waals surface area contributed by atoms with Gasteiger partial charge < -0.3 is 5.11 Å². The number of carboxylic acid groups (broad SMARTS) is 1. The molecule has 6 heteroatoms. The standard InChI is InChI=1S/C18H16N4O2/c1-11-15(17(23)24)10-20-22(11)18-19-9-13-7-4-6-12-5-2-3-8-14(12)16(13)21-18/h2-3,5,8-10H,4,6-7H2,1H3,(H,23,24). The van der Waals surface area contributed by atoms with Crippen LogP contribution in [0.3, 0.4) is 0 Å². The molecule has 2 aromatic heterocycles. The summed E-state index contributed by atoms with van der Waals surface area (Å²) in [6.45, 7) is 1.71. The van der Waals surface area contributed by atoms with Gasteiger partial charge in [0.25, 0.3) is 5.95 Å². The minimum atomic E-state index is -1.00. The summed E-state index contributed by atoms with van der Waals surface area (Å²) >= 11 is 0. The first-order valence-corrected chi connectivity index (χ1v) is 7.87. The zero-order chi connectivity index (χ0) is 16.7. The molecule has 0 unspecified atom stereocenters. The summed E-state index contributed by atoms with van der Waals surface area (Å²) in [7, 11) is 0. The number of carbonyl (C=O) groups is 1. The van der Waals surface area contributed by atoms with Gasteiger partial charge in [0.15, 0.2) is 0 Å². The maximum Gasteiger partial charge on any atom is 0.339 e. The van der Waals surface area contributed by atoms with Crippen molar-refractivity contribution in [2.45, 2.75) is 26.2 Å². The molecule has 0 spiro atoms. The Balaban J connectivity index is 1.88. The number of aromatic nitrogens is 4. The van der Waals surface area contributed by atoms with E-state index in [4.69, 9.17) is 4.98 Å². The van der Waals surface area contributed by atoms with E-state index in [0.29, 0.717) is 11.6 Å². The molecule has 0 radical (unpaired) electrons. The van der Waals surface area contributed by atoms with Gasteiger partial charge in [0, 0.05) is 11.8 Å². The molecule has 2 heterocycles. The molecule has 1 aromatic carbocycles. The van der Waals surface area contributed by atoms with Crippen molar-refractivity contribution in [3.8, 4) is 17.2 Å². The van der Waals surface area contributed by atoms with E-state index in [1.807, 2.05) is 18.3 Å². The molecule has 0 aliphatic heterocycles. The van der Waals surface area contributed by atoms with Crippen LogP contribution in [0.5, 0.6) is 0 Å². The van der Waals surface area contributed by atoms with Crippen LogP contribution >= 0.6 is 0 Å². The number of fused-ring (bicyclic) bond motifs is 3. The zero-order valence-corrected chi connectivity index (χ0v) is 13.2. The van der Waals surface area contributed by atoms with Gasteiger partial charge in [-0.3, -0.25) is 0 Å². The van der Waals surface area contributed by atoms with Gasteiger partial charge in [-0.25, -0.2) is 19.4 Å². The van der Waals surface area contributed by atoms with Crippen molar-refractivity contribution in [2.75, 3.05) is 0 Å². The van der Waals surface area contributed by atoms with Crippen LogP contribution in [0, 0.1) is 6.92 Å². The van der Waals surface area contributed by atoms with Gasteiger partial charge in [-0.2, -0.15) is 5.10 Å². The summed E-state index contributed by atoms with van der Waals surface area (Å²) in [6, 6.07) is 8.27. The van der Waals surface area contributed by atoms with Crippen molar-refractivity contribution in [1.82, 2.24) is 19.7 Å². The predicted molar refractivity (Wildman–Crippen MR) is 88.3 cm³/mol. The third-order valence-corrected chi connectivity index (χ3v) is 4.45. The molecule has 1 N–H and O–H groups in total. The minimum absolute atomic E-state index is 0.161. The minimum Gasteiger partial charge on any atom is -0.478 e. The Morgan fingerprint density at radius 1 is 1.17 bits per heavy atom. The average molecular weight is 320 g/mol. The van der Waals surface area contributed by atoms with Gasteiger partial charge in [-0.05, 0) is 37.3 Å². The van der Waals surface area contributed by atoms with E-state index in [2.05, 4.69) is 22.2 Å². The third-order valence-electron chi connectivity index (χ3n) is 4.45. The molecule has 0 amide bonds. The maximum atomic E-state index is 11.2. The van der Waals surface area contributed by atoms with E-state index in [9.17, 15) is 9.90 Å². The van der Waals surface area contributed by atoms with Gasteiger partial charge in [-0.15, -0.1) is 0 Å². The Morgan fingerprint density at radius 3 is 2.75 bits per heavy atom. The molecule has 1 aliphatic rings. The Hall–Kier alpha value is -3.02. The van der Waals surface area contributed by atoms with Crippen LogP contribution in [0.15, 0.2) is 36.7 Å². The van der Waals surface area contributed by atoms with Crippen LogP contribution < -0.4 is 0 Å². The highest BCUT2D eigenvalue weighted by atomic mass is 16.4. The van der Waals surface area contributed by atoms with Crippen LogP contribution in [0.2, 0.25) is 0 Å². The Labute approximate surface area is 138 Å². The summed E-state index contributed by atoms with van der Waals surface area (Å²) in [6.07, 6.45) is 6.19. The lowest BCUT2D eigenvalue weighted by Gasteiger charge is -2.10. The molecule has 0 saturated heterocycles. The van der Waals surface area contributed by atoms with Crippen LogP contribution in [-0.2, 0) is 12.8 Å². The van der Waals surface area contributed by atoms with Crippen LogP contribution in [-0.4, -0.2) is 30.8 Å². The van der Waals surface area contributed by atoms with E-state index in [1.54, 1.807) is 6.92 Å². The molecule has 0 atom stereocenters. The van der Waals surface area contributed by atoms with E-state index in [-0.39, 0.29) is 5.56 Å². The first-order chi connectivity index (χ1) is 11.6. The smallest absolute Gasteiger partial charge is 0.339 e. The third kappa shape index (κ3) is 2.27. The van der Waals surface area contributed by atoms with Crippen molar-refractivity contribution < 1.29 is 9.90 Å². The normalized spacial score (nSPS) is 13.0. The van der Waals surface area contributed by atoms with Crippen LogP contribution in [0.4, 0.5) is 0 Å². The Bertz CT molecular complexity index is 946. The summed E-state index contributed by atoms with van der Waals surface area (Å²) in [4.78, 5) is 20.3. The second-order valence-corrected chi connectivity index (χ2v) is 5.92. The first kappa shape index (κ1) is 14.6. The van der Waals surface area contributed by atoms with Crippen molar-refractivity contribution in [1.29, 1.82) is 0 Å². The fourth-order valence-electron chi connectivity index (χ4n) is 3.18. The van der Waals surface area contributed by atoms with Gasteiger partial charge in [0.1, 0.15) is 5.56 Å². The predicted octanol–water partition coefficient (Wildman–Crippen LogP) is 2.82. The molecular weight excluding hydrogens is 304 g/mol. The van der Waals surface area contributed by atoms with Crippen molar-refractivity contribution in [2.24, 2.45) is 0 Å². The molecule has 0 bridgehead atoms. The van der Waals surface area contributed by atoms with Gasteiger partial charge in [-0.1, -0.05) is 24.3 Å². The van der Waals surface area contributed by atoms with E-state index >= 15 is 0 Å². The van der Waals surface area contributed by atoms with Crippen molar-refractivity contribution in [3.05, 3.63) is 59.0 Å². The summed E-state index contributed by atoms with van der Waals surface area (Å²) in [5.41, 5.74) is 5.12. The maximum absolute atomic E-state index is 11.2. The molecular formula is C18H16N4O2. The van der Waals surface area contributed by atoms with Gasteiger partial charge >= 0.3 is 5.97 Å². The number of benzene rings is 1. The first-order valence-electron chi connectivity index (χ1n) is 7.87. The van der Waals surface area contributed by atoms with Crippen molar-refractivity contribution >= 4 is 5.97 Å². The number of aryl methyl sites for hydroxylation is 2. The molecule has 4 rings (SSSR count). The lowest BCUT2D eigenvalue weighted by molar-refractivity contribution is 0.0696. The lowest BCUT2D eigenvalue weighted by Crippen LogP contribution is -2.08. The van der Waals surface area contributed by atoms with Gasteiger partial charge in [0.05, 0.1) is 17.6 Å². The fourth-order valence-corrected chi connectivity index (χ4v) is 3.18. The second-order valence-electron chi connectivity index (χ2n) is 5.92. The topological polar surface area (TPSA) is 80.9 Å². The highest BCUT2D eigenvalue weighted by molar-refractivity contribution is 5.88. The highest BCUT2D eigenvalue weighted by Gasteiger charge is 2.19. The number of rotatable bonds is 2. The number of aromatic carboxylic acids is 1. The molecule has 6 nitrogen and oxygen atoms in total. The number of hydrogen-bond acceptors (Lipinski definition) is 4. The summed E-state index contributed by atoms with van der Waals surface area (Å²) in [5, 5.41) is 13.3. The fraction of sp³-hybridized carbons (Fsp3) is 0.222. The molecule has 0 fully saturated rings. The number of carboxylic acids is 1. The van der Waals surface area contributed by atoms with Crippen LogP contribution in [0.1, 0.15) is 33.6 Å². The SMILES string of the molecule is Cc1c(C(=O)O)cnn1-c1ncc2c(n1)-c1ccccc1CCC2. The van der Waals surface area contributed by atoms with E-state index in [1.165, 1.54) is 16.4 Å². The lowest BCUT2D eigenvalue weighted by atomic mass is 10.0. The highest BCUT2D eigenvalue weighted by Crippen LogP contribution is 2.31. The Morgan fingerprint density at radius 2 is 1.96 bits per heavy atom. The van der Waals surface area contributed by atoms with Gasteiger partial charge in [0.2, 0.25) is 0 Å². The molecule has 1 aliphatic carbocycles. The molecule has 3 aromatic rings. The summed E-state index contributed by atoms with van der Waals surface area (Å²) in [5.74, 6) is -0.602.